The first-order valence-electron chi connectivity index (χ1n) is 8.59. The standard InChI is InChI=1S/C17H23N5O3S2/c1-11-4-6-13(7-5-11)15-19-20-17(22(15)18)26-12(2)16(23)21(3)14-8-9-27(24,25)10-14/h4-7,12,14H,8-10,18H2,1-3H3/t12-,14-/m0/s1. The minimum Gasteiger partial charge on any atom is -0.341 e. The third-order valence-corrected chi connectivity index (χ3v) is 7.50. The lowest BCUT2D eigenvalue weighted by Gasteiger charge is -2.26. The van der Waals surface area contributed by atoms with Gasteiger partial charge in [0, 0.05) is 18.7 Å². The highest BCUT2D eigenvalue weighted by Crippen LogP contribution is 2.27. The van der Waals surface area contributed by atoms with E-state index < -0.39 is 15.1 Å². The number of hydrogen-bond donors (Lipinski definition) is 1. The summed E-state index contributed by atoms with van der Waals surface area (Å²) in [6.07, 6.45) is 0.479. The molecule has 27 heavy (non-hydrogen) atoms. The highest BCUT2D eigenvalue weighted by atomic mass is 32.2. The van der Waals surface area contributed by atoms with E-state index in [1.54, 1.807) is 14.0 Å². The van der Waals surface area contributed by atoms with E-state index in [9.17, 15) is 13.2 Å². The fourth-order valence-corrected chi connectivity index (χ4v) is 5.66. The molecule has 2 heterocycles. The fraction of sp³-hybridized carbons (Fsp3) is 0.471. The van der Waals surface area contributed by atoms with Gasteiger partial charge in [0.15, 0.2) is 15.7 Å². The van der Waals surface area contributed by atoms with Gasteiger partial charge >= 0.3 is 0 Å². The first kappa shape index (κ1) is 19.7. The van der Waals surface area contributed by atoms with Gasteiger partial charge in [0.2, 0.25) is 11.1 Å². The van der Waals surface area contributed by atoms with Crippen molar-refractivity contribution in [2.45, 2.75) is 36.7 Å². The van der Waals surface area contributed by atoms with Crippen LogP contribution < -0.4 is 5.84 Å². The molecular formula is C17H23N5O3S2. The molecule has 2 aromatic rings. The summed E-state index contributed by atoms with van der Waals surface area (Å²) in [5.74, 6) is 6.65. The number of hydrogen-bond acceptors (Lipinski definition) is 7. The molecule has 1 aromatic heterocycles. The maximum Gasteiger partial charge on any atom is 0.235 e. The quantitative estimate of drug-likeness (QED) is 0.581. The van der Waals surface area contributed by atoms with Crippen LogP contribution in [0.2, 0.25) is 0 Å². The second-order valence-corrected chi connectivity index (χ2v) is 10.3. The monoisotopic (exact) mass is 409 g/mol. The van der Waals surface area contributed by atoms with Gasteiger partial charge in [-0.15, -0.1) is 10.2 Å². The molecule has 146 valence electrons. The summed E-state index contributed by atoms with van der Waals surface area (Å²) in [5.41, 5.74) is 1.97. The van der Waals surface area contributed by atoms with E-state index >= 15 is 0 Å². The van der Waals surface area contributed by atoms with Crippen molar-refractivity contribution < 1.29 is 13.2 Å². The zero-order valence-electron chi connectivity index (χ0n) is 15.5. The summed E-state index contributed by atoms with van der Waals surface area (Å²) in [6.45, 7) is 3.75. The molecule has 10 heteroatoms. The highest BCUT2D eigenvalue weighted by Gasteiger charge is 2.34. The molecule has 1 aromatic carbocycles. The smallest absolute Gasteiger partial charge is 0.235 e. The summed E-state index contributed by atoms with van der Waals surface area (Å²) in [4.78, 5) is 14.2. The first-order valence-corrected chi connectivity index (χ1v) is 11.3. The number of thioether (sulfide) groups is 1. The molecule has 1 fully saturated rings. The lowest BCUT2D eigenvalue weighted by atomic mass is 10.1. The van der Waals surface area contributed by atoms with E-state index in [0.717, 1.165) is 11.1 Å². The Hall–Kier alpha value is -2.07. The first-order chi connectivity index (χ1) is 12.7. The van der Waals surface area contributed by atoms with Gasteiger partial charge in [-0.1, -0.05) is 41.6 Å². The van der Waals surface area contributed by atoms with Crippen LogP contribution in [-0.2, 0) is 14.6 Å². The summed E-state index contributed by atoms with van der Waals surface area (Å²) >= 11 is 1.21. The number of carbonyl (C=O) groups is 1. The number of nitrogens with zero attached hydrogens (tertiary/aromatic N) is 4. The van der Waals surface area contributed by atoms with Crippen molar-refractivity contribution in [3.8, 4) is 11.4 Å². The van der Waals surface area contributed by atoms with Gasteiger partial charge in [-0.2, -0.15) is 0 Å². The van der Waals surface area contributed by atoms with Crippen molar-refractivity contribution in [3.63, 3.8) is 0 Å². The lowest BCUT2D eigenvalue weighted by Crippen LogP contribution is -2.41. The summed E-state index contributed by atoms with van der Waals surface area (Å²) in [5, 5.41) is 8.20. The number of benzene rings is 1. The SMILES string of the molecule is Cc1ccc(-c2nnc(S[C@@H](C)C(=O)N(C)[C@H]3CCS(=O)(=O)C3)n2N)cc1. The Morgan fingerprint density at radius 1 is 1.33 bits per heavy atom. The van der Waals surface area contributed by atoms with Gasteiger partial charge in [0.25, 0.3) is 0 Å². The van der Waals surface area contributed by atoms with Gasteiger partial charge in [0.1, 0.15) is 0 Å². The van der Waals surface area contributed by atoms with Crippen molar-refractivity contribution in [1.29, 1.82) is 0 Å². The third-order valence-electron chi connectivity index (χ3n) is 4.71. The highest BCUT2D eigenvalue weighted by molar-refractivity contribution is 8.00. The average molecular weight is 410 g/mol. The molecule has 2 atom stereocenters. The van der Waals surface area contributed by atoms with Crippen LogP contribution in [0, 0.1) is 6.92 Å². The maximum absolute atomic E-state index is 12.7. The number of aryl methyl sites for hydroxylation is 1. The Kier molecular flexibility index (Phi) is 5.48. The van der Waals surface area contributed by atoms with Crippen LogP contribution in [0.15, 0.2) is 29.4 Å². The van der Waals surface area contributed by atoms with Gasteiger partial charge in [-0.25, -0.2) is 13.1 Å². The molecule has 0 bridgehead atoms. The number of sulfone groups is 1. The van der Waals surface area contributed by atoms with Crippen molar-refractivity contribution in [2.24, 2.45) is 0 Å². The van der Waals surface area contributed by atoms with Gasteiger partial charge in [-0.05, 0) is 20.3 Å². The minimum absolute atomic E-state index is 0.0251. The molecule has 1 aliphatic rings. The minimum atomic E-state index is -3.04. The van der Waals surface area contributed by atoms with E-state index in [4.69, 9.17) is 5.84 Å². The zero-order chi connectivity index (χ0) is 19.8. The predicted molar refractivity (Wildman–Crippen MR) is 105 cm³/mol. The molecule has 1 saturated heterocycles. The molecule has 1 aliphatic heterocycles. The Bertz CT molecular complexity index is 940. The number of aromatic nitrogens is 3. The maximum atomic E-state index is 12.7. The molecule has 3 rings (SSSR count). The van der Waals surface area contributed by atoms with Crippen LogP contribution >= 0.6 is 11.8 Å². The van der Waals surface area contributed by atoms with Crippen LogP contribution in [0.1, 0.15) is 18.9 Å². The van der Waals surface area contributed by atoms with Crippen LogP contribution in [0.25, 0.3) is 11.4 Å². The Morgan fingerprint density at radius 2 is 2.00 bits per heavy atom. The Balaban J connectivity index is 1.70. The number of nitrogen functional groups attached to an aromatic ring is 1. The molecule has 1 amide bonds. The van der Waals surface area contributed by atoms with Crippen molar-refractivity contribution in [3.05, 3.63) is 29.8 Å². The van der Waals surface area contributed by atoms with E-state index in [0.29, 0.717) is 17.4 Å². The molecule has 8 nitrogen and oxygen atoms in total. The zero-order valence-corrected chi connectivity index (χ0v) is 17.1. The van der Waals surface area contributed by atoms with Crippen LogP contribution in [-0.4, -0.2) is 63.9 Å². The summed E-state index contributed by atoms with van der Waals surface area (Å²) in [7, 11) is -1.39. The predicted octanol–water partition coefficient (Wildman–Crippen LogP) is 1.09. The Morgan fingerprint density at radius 3 is 2.59 bits per heavy atom. The van der Waals surface area contributed by atoms with Crippen molar-refractivity contribution >= 4 is 27.5 Å². The van der Waals surface area contributed by atoms with Crippen LogP contribution in [0.4, 0.5) is 0 Å². The summed E-state index contributed by atoms with van der Waals surface area (Å²) in [6, 6.07) is 7.49. The van der Waals surface area contributed by atoms with E-state index in [-0.39, 0.29) is 23.5 Å². The van der Waals surface area contributed by atoms with Gasteiger partial charge in [0.05, 0.1) is 16.8 Å². The van der Waals surface area contributed by atoms with Gasteiger partial charge in [-0.3, -0.25) is 4.79 Å². The fourth-order valence-electron chi connectivity index (χ4n) is 3.01. The molecule has 2 N–H and O–H groups in total. The molecular weight excluding hydrogens is 386 g/mol. The second-order valence-electron chi connectivity index (χ2n) is 6.81. The van der Waals surface area contributed by atoms with E-state index in [2.05, 4.69) is 10.2 Å². The number of rotatable bonds is 5. The largest absolute Gasteiger partial charge is 0.341 e. The van der Waals surface area contributed by atoms with Crippen molar-refractivity contribution in [2.75, 3.05) is 24.4 Å². The Labute approximate surface area is 163 Å². The molecule has 0 saturated carbocycles. The molecule has 0 aliphatic carbocycles. The van der Waals surface area contributed by atoms with Gasteiger partial charge < -0.3 is 10.7 Å². The number of amides is 1. The van der Waals surface area contributed by atoms with E-state index in [1.807, 2.05) is 31.2 Å². The summed E-state index contributed by atoms with van der Waals surface area (Å²) < 4.78 is 24.7. The topological polar surface area (TPSA) is 111 Å². The number of nitrogens with two attached hydrogens (primary N) is 1. The molecule has 0 spiro atoms. The molecule has 0 radical (unpaired) electrons. The average Bonchev–Trinajstić information content (AvgIpc) is 3.17. The lowest BCUT2D eigenvalue weighted by molar-refractivity contribution is -0.130. The third kappa shape index (κ3) is 4.27. The van der Waals surface area contributed by atoms with Crippen LogP contribution in [0.3, 0.4) is 0 Å². The van der Waals surface area contributed by atoms with Crippen molar-refractivity contribution in [1.82, 2.24) is 19.8 Å². The molecule has 0 unspecified atom stereocenters. The number of carbonyl (C=O) groups excluding carboxylic acids is 1. The van der Waals surface area contributed by atoms with Crippen LogP contribution in [0.5, 0.6) is 0 Å². The normalized spacial score (nSPS) is 19.7. The second kappa shape index (κ2) is 7.51. The van der Waals surface area contributed by atoms with E-state index in [1.165, 1.54) is 21.3 Å².